The first-order chi connectivity index (χ1) is 11.3. The van der Waals surface area contributed by atoms with Gasteiger partial charge in [0.2, 0.25) is 5.95 Å². The molecular formula is C16H20F3N5. The van der Waals surface area contributed by atoms with Gasteiger partial charge in [0.15, 0.2) is 0 Å². The van der Waals surface area contributed by atoms with Crippen LogP contribution >= 0.6 is 0 Å². The topological polar surface area (TPSA) is 46.0 Å². The average molecular weight is 339 g/mol. The molecule has 24 heavy (non-hydrogen) atoms. The predicted octanol–water partition coefficient (Wildman–Crippen LogP) is 2.83. The van der Waals surface area contributed by atoms with Crippen molar-refractivity contribution in [1.82, 2.24) is 19.7 Å². The number of rotatable bonds is 4. The third-order valence-electron chi connectivity index (χ3n) is 4.11. The minimum Gasteiger partial charge on any atom is -0.350 e. The molecule has 1 fully saturated rings. The van der Waals surface area contributed by atoms with E-state index in [2.05, 4.69) is 45.4 Å². The summed E-state index contributed by atoms with van der Waals surface area (Å²) in [6.45, 7) is 4.56. The second kappa shape index (κ2) is 6.43. The van der Waals surface area contributed by atoms with Crippen LogP contribution in [-0.2, 0) is 19.8 Å². The monoisotopic (exact) mass is 339 g/mol. The van der Waals surface area contributed by atoms with E-state index >= 15 is 0 Å². The molecule has 5 nitrogen and oxygen atoms in total. The minimum atomic E-state index is -4.52. The fourth-order valence-corrected chi connectivity index (χ4v) is 2.98. The number of anilines is 1. The number of aromatic nitrogens is 3. The number of nitrogens with one attached hydrogen (secondary N) is 1. The molecule has 2 heterocycles. The van der Waals surface area contributed by atoms with Gasteiger partial charge in [-0.2, -0.15) is 18.2 Å². The fraction of sp³-hybridized carbons (Fsp3) is 0.500. The van der Waals surface area contributed by atoms with Crippen molar-refractivity contribution in [2.24, 2.45) is 7.05 Å². The molecule has 130 valence electrons. The van der Waals surface area contributed by atoms with Gasteiger partial charge in [0, 0.05) is 32.7 Å². The minimum absolute atomic E-state index is 0.0683. The van der Waals surface area contributed by atoms with Crippen LogP contribution in [0.15, 0.2) is 24.3 Å². The average Bonchev–Trinajstić information content (AvgIpc) is 3.06. The van der Waals surface area contributed by atoms with Gasteiger partial charge in [-0.3, -0.25) is 4.90 Å². The van der Waals surface area contributed by atoms with E-state index in [4.69, 9.17) is 0 Å². The molecule has 0 amide bonds. The van der Waals surface area contributed by atoms with Gasteiger partial charge in [0.1, 0.15) is 0 Å². The molecule has 0 radical (unpaired) electrons. The van der Waals surface area contributed by atoms with Crippen LogP contribution in [0.2, 0.25) is 0 Å². The molecule has 1 aromatic carbocycles. The molecule has 1 saturated heterocycles. The van der Waals surface area contributed by atoms with Crippen molar-refractivity contribution in [2.75, 3.05) is 18.4 Å². The Hall–Kier alpha value is -2.09. The first-order valence-corrected chi connectivity index (χ1v) is 7.84. The van der Waals surface area contributed by atoms with Gasteiger partial charge >= 0.3 is 6.18 Å². The van der Waals surface area contributed by atoms with Crippen molar-refractivity contribution in [2.45, 2.75) is 32.1 Å². The third kappa shape index (κ3) is 3.87. The van der Waals surface area contributed by atoms with E-state index in [0.29, 0.717) is 0 Å². The second-order valence-electron chi connectivity index (χ2n) is 6.23. The zero-order chi connectivity index (χ0) is 17.3. The van der Waals surface area contributed by atoms with Crippen molar-refractivity contribution in [1.29, 1.82) is 0 Å². The van der Waals surface area contributed by atoms with Crippen LogP contribution in [0.4, 0.5) is 19.1 Å². The van der Waals surface area contributed by atoms with Crippen LogP contribution < -0.4 is 5.32 Å². The van der Waals surface area contributed by atoms with E-state index in [9.17, 15) is 13.2 Å². The molecular weight excluding hydrogens is 319 g/mol. The maximum Gasteiger partial charge on any atom is 0.453 e. The molecule has 1 aliphatic rings. The van der Waals surface area contributed by atoms with Gasteiger partial charge in [0.25, 0.3) is 5.82 Å². The maximum atomic E-state index is 12.7. The molecule has 1 aliphatic heterocycles. The zero-order valence-electron chi connectivity index (χ0n) is 13.6. The number of halogens is 3. The van der Waals surface area contributed by atoms with Crippen LogP contribution in [0.5, 0.6) is 0 Å². The number of hydrogen-bond acceptors (Lipinski definition) is 4. The normalized spacial score (nSPS) is 19.0. The summed E-state index contributed by atoms with van der Waals surface area (Å²) in [5.41, 5.74) is 2.47. The van der Waals surface area contributed by atoms with Gasteiger partial charge < -0.3 is 5.32 Å². The number of benzene rings is 1. The quantitative estimate of drug-likeness (QED) is 0.930. The van der Waals surface area contributed by atoms with E-state index in [-0.39, 0.29) is 12.0 Å². The molecule has 1 atom stereocenters. The van der Waals surface area contributed by atoms with E-state index in [0.717, 1.165) is 30.7 Å². The van der Waals surface area contributed by atoms with Gasteiger partial charge in [-0.15, -0.1) is 5.10 Å². The maximum absolute atomic E-state index is 12.7. The highest BCUT2D eigenvalue weighted by Gasteiger charge is 2.37. The Morgan fingerprint density at radius 2 is 2.12 bits per heavy atom. The molecule has 1 N–H and O–H groups in total. The number of nitrogens with zero attached hydrogens (tertiary/aromatic N) is 4. The number of hydrogen-bond donors (Lipinski definition) is 1. The summed E-state index contributed by atoms with van der Waals surface area (Å²) >= 11 is 0. The van der Waals surface area contributed by atoms with Crippen LogP contribution in [0.3, 0.4) is 0 Å². The smallest absolute Gasteiger partial charge is 0.350 e. The van der Waals surface area contributed by atoms with Crippen molar-refractivity contribution in [3.8, 4) is 0 Å². The summed E-state index contributed by atoms with van der Waals surface area (Å²) in [4.78, 5) is 5.85. The van der Waals surface area contributed by atoms with Gasteiger partial charge in [-0.05, 0) is 18.9 Å². The Labute approximate surface area is 138 Å². The van der Waals surface area contributed by atoms with Crippen molar-refractivity contribution in [3.63, 3.8) is 0 Å². The predicted molar refractivity (Wildman–Crippen MR) is 84.5 cm³/mol. The summed E-state index contributed by atoms with van der Waals surface area (Å²) < 4.78 is 39.1. The lowest BCUT2D eigenvalue weighted by molar-refractivity contribution is -0.144. The van der Waals surface area contributed by atoms with Crippen LogP contribution in [0, 0.1) is 6.92 Å². The Morgan fingerprint density at radius 1 is 1.33 bits per heavy atom. The first kappa shape index (κ1) is 16.8. The molecule has 1 aromatic heterocycles. The Balaban J connectivity index is 1.59. The lowest BCUT2D eigenvalue weighted by Gasteiger charge is -2.17. The molecule has 8 heteroatoms. The highest BCUT2D eigenvalue weighted by molar-refractivity contribution is 5.28. The molecule has 0 saturated carbocycles. The molecule has 0 bridgehead atoms. The van der Waals surface area contributed by atoms with E-state index in [1.54, 1.807) is 0 Å². The largest absolute Gasteiger partial charge is 0.453 e. The van der Waals surface area contributed by atoms with Crippen molar-refractivity contribution < 1.29 is 13.2 Å². The number of likely N-dealkylation sites (tertiary alicyclic amines) is 1. The lowest BCUT2D eigenvalue weighted by atomic mass is 10.1. The summed E-state index contributed by atoms with van der Waals surface area (Å²) in [6, 6.07) is 8.41. The Bertz CT molecular complexity index is 710. The van der Waals surface area contributed by atoms with Crippen LogP contribution in [0.1, 0.15) is 23.4 Å². The third-order valence-corrected chi connectivity index (χ3v) is 4.11. The van der Waals surface area contributed by atoms with Crippen molar-refractivity contribution >= 4 is 5.95 Å². The summed E-state index contributed by atoms with van der Waals surface area (Å²) in [5.74, 6) is -0.952. The highest BCUT2D eigenvalue weighted by atomic mass is 19.4. The van der Waals surface area contributed by atoms with E-state index in [1.165, 1.54) is 18.2 Å². The lowest BCUT2D eigenvalue weighted by Crippen LogP contribution is -2.27. The Kier molecular flexibility index (Phi) is 4.49. The van der Waals surface area contributed by atoms with Gasteiger partial charge in [-0.1, -0.05) is 29.8 Å². The van der Waals surface area contributed by atoms with Crippen LogP contribution in [0.25, 0.3) is 0 Å². The summed E-state index contributed by atoms with van der Waals surface area (Å²) in [6.07, 6.45) is -3.66. The number of aryl methyl sites for hydroxylation is 2. The van der Waals surface area contributed by atoms with Crippen molar-refractivity contribution in [3.05, 3.63) is 41.2 Å². The first-order valence-electron chi connectivity index (χ1n) is 7.84. The zero-order valence-corrected chi connectivity index (χ0v) is 13.6. The molecule has 0 aliphatic carbocycles. The summed E-state index contributed by atoms with van der Waals surface area (Å²) in [7, 11) is 1.46. The molecule has 0 spiro atoms. The number of alkyl halides is 3. The van der Waals surface area contributed by atoms with E-state index < -0.39 is 12.0 Å². The van der Waals surface area contributed by atoms with Crippen LogP contribution in [-0.4, -0.2) is 38.8 Å². The van der Waals surface area contributed by atoms with Gasteiger partial charge in [-0.25, -0.2) is 4.68 Å². The van der Waals surface area contributed by atoms with Gasteiger partial charge in [0.05, 0.1) is 0 Å². The molecule has 1 unspecified atom stereocenters. The van der Waals surface area contributed by atoms with E-state index in [1.807, 2.05) is 6.07 Å². The highest BCUT2D eigenvalue weighted by Crippen LogP contribution is 2.27. The second-order valence-corrected chi connectivity index (χ2v) is 6.23. The fourth-order valence-electron chi connectivity index (χ4n) is 2.98. The SMILES string of the molecule is Cc1cccc(CN2CCC(Nc3nc(C(F)(F)F)nn3C)C2)c1. The molecule has 2 aromatic rings. The summed E-state index contributed by atoms with van der Waals surface area (Å²) in [5, 5.41) is 6.50. The standard InChI is InChI=1S/C16H20F3N5/c1-11-4-3-5-12(8-11)9-24-7-6-13(10-24)20-15-21-14(16(17,18)19)22-23(15)2/h3-5,8,13H,6-7,9-10H2,1-2H3,(H,20,21,22). The molecule has 3 rings (SSSR count). The Morgan fingerprint density at radius 3 is 2.79 bits per heavy atom.